The quantitative estimate of drug-likeness (QED) is 0.780. The molecule has 22 heavy (non-hydrogen) atoms. The highest BCUT2D eigenvalue weighted by Crippen LogP contribution is 2.18. The van der Waals surface area contributed by atoms with E-state index in [1.54, 1.807) is 30.5 Å². The van der Waals surface area contributed by atoms with Gasteiger partial charge < -0.3 is 10.4 Å². The fourth-order valence-electron chi connectivity index (χ4n) is 2.20. The SMILES string of the molecule is O=C(NCc1cccc(O)c1F)c1ccc2ncccc2c1.[HH]. The van der Waals surface area contributed by atoms with Crippen LogP contribution in [0.5, 0.6) is 5.75 Å². The Bertz CT molecular complexity index is 855. The van der Waals surface area contributed by atoms with Crippen LogP contribution >= 0.6 is 0 Å². The highest BCUT2D eigenvalue weighted by atomic mass is 19.1. The van der Waals surface area contributed by atoms with Crippen LogP contribution in [0, 0.1) is 5.82 Å². The van der Waals surface area contributed by atoms with Gasteiger partial charge in [-0.25, -0.2) is 4.39 Å². The molecule has 3 aromatic rings. The summed E-state index contributed by atoms with van der Waals surface area (Å²) in [6.07, 6.45) is 1.69. The summed E-state index contributed by atoms with van der Waals surface area (Å²) in [5, 5.41) is 12.8. The summed E-state index contributed by atoms with van der Waals surface area (Å²) in [6.45, 7) is 0.00411. The third kappa shape index (κ3) is 2.74. The minimum absolute atomic E-state index is 0. The van der Waals surface area contributed by atoms with Gasteiger partial charge >= 0.3 is 0 Å². The van der Waals surface area contributed by atoms with Crippen molar-refractivity contribution in [2.45, 2.75) is 6.54 Å². The molecule has 3 rings (SSSR count). The van der Waals surface area contributed by atoms with Crippen LogP contribution in [0.3, 0.4) is 0 Å². The first-order valence-corrected chi connectivity index (χ1v) is 6.74. The molecule has 0 spiro atoms. The van der Waals surface area contributed by atoms with Crippen LogP contribution in [-0.4, -0.2) is 16.0 Å². The molecule has 2 aromatic carbocycles. The first-order valence-electron chi connectivity index (χ1n) is 6.74. The summed E-state index contributed by atoms with van der Waals surface area (Å²) in [4.78, 5) is 16.3. The average molecular weight is 298 g/mol. The second kappa shape index (κ2) is 5.81. The molecular formula is C17H15FN2O2. The Morgan fingerprint density at radius 2 is 2.09 bits per heavy atom. The smallest absolute Gasteiger partial charge is 0.251 e. The normalized spacial score (nSPS) is 10.6. The Balaban J connectivity index is 0.00000192. The lowest BCUT2D eigenvalue weighted by molar-refractivity contribution is 0.0950. The van der Waals surface area contributed by atoms with Crippen molar-refractivity contribution in [1.82, 2.24) is 10.3 Å². The molecule has 0 aliphatic heterocycles. The van der Waals surface area contributed by atoms with Crippen LogP contribution in [0.1, 0.15) is 17.3 Å². The van der Waals surface area contributed by atoms with E-state index in [2.05, 4.69) is 10.3 Å². The van der Waals surface area contributed by atoms with Gasteiger partial charge in [0.1, 0.15) is 0 Å². The Morgan fingerprint density at radius 3 is 2.95 bits per heavy atom. The maximum atomic E-state index is 13.7. The molecule has 0 unspecified atom stereocenters. The van der Waals surface area contributed by atoms with E-state index in [1.165, 1.54) is 18.2 Å². The summed E-state index contributed by atoms with van der Waals surface area (Å²) >= 11 is 0. The van der Waals surface area contributed by atoms with Crippen LogP contribution in [0.15, 0.2) is 54.7 Å². The van der Waals surface area contributed by atoms with E-state index in [4.69, 9.17) is 0 Å². The van der Waals surface area contributed by atoms with Crippen molar-refractivity contribution < 1.29 is 15.7 Å². The van der Waals surface area contributed by atoms with Gasteiger partial charge in [-0.3, -0.25) is 9.78 Å². The number of fused-ring (bicyclic) bond motifs is 1. The van der Waals surface area contributed by atoms with Crippen LogP contribution in [0.2, 0.25) is 0 Å². The Kier molecular flexibility index (Phi) is 3.70. The van der Waals surface area contributed by atoms with Gasteiger partial charge in [0.05, 0.1) is 5.52 Å². The third-order valence-electron chi connectivity index (χ3n) is 3.36. The van der Waals surface area contributed by atoms with Crippen molar-refractivity contribution in [3.05, 3.63) is 71.7 Å². The first kappa shape index (κ1) is 14.0. The molecule has 1 aromatic heterocycles. The number of phenols is 1. The van der Waals surface area contributed by atoms with E-state index in [-0.39, 0.29) is 19.4 Å². The molecule has 0 radical (unpaired) electrons. The Hall–Kier alpha value is -2.95. The lowest BCUT2D eigenvalue weighted by atomic mass is 10.1. The number of aromatic hydroxyl groups is 1. The van der Waals surface area contributed by atoms with Gasteiger partial charge in [-0.05, 0) is 30.3 Å². The molecule has 2 N–H and O–H groups in total. The highest BCUT2D eigenvalue weighted by Gasteiger charge is 2.10. The number of hydrogen-bond donors (Lipinski definition) is 2. The summed E-state index contributed by atoms with van der Waals surface area (Å²) in [5.41, 5.74) is 1.51. The van der Waals surface area contributed by atoms with E-state index < -0.39 is 11.6 Å². The molecule has 0 fully saturated rings. The summed E-state index contributed by atoms with van der Waals surface area (Å²) in [6, 6.07) is 13.1. The number of carbonyl (C=O) groups is 1. The predicted octanol–water partition coefficient (Wildman–Crippen LogP) is 3.26. The Morgan fingerprint density at radius 1 is 1.23 bits per heavy atom. The van der Waals surface area contributed by atoms with E-state index in [9.17, 15) is 14.3 Å². The van der Waals surface area contributed by atoms with Gasteiger partial charge in [0.15, 0.2) is 11.6 Å². The lowest BCUT2D eigenvalue weighted by Gasteiger charge is -2.08. The number of rotatable bonds is 3. The van der Waals surface area contributed by atoms with Crippen molar-refractivity contribution in [3.63, 3.8) is 0 Å². The molecule has 0 saturated heterocycles. The van der Waals surface area contributed by atoms with E-state index in [0.717, 1.165) is 10.9 Å². The zero-order valence-corrected chi connectivity index (χ0v) is 11.6. The largest absolute Gasteiger partial charge is 0.505 e. The van der Waals surface area contributed by atoms with Crippen LogP contribution in [0.25, 0.3) is 10.9 Å². The summed E-state index contributed by atoms with van der Waals surface area (Å²) in [5.74, 6) is -1.46. The average Bonchev–Trinajstić information content (AvgIpc) is 2.55. The minimum atomic E-state index is -0.717. The molecule has 0 saturated carbocycles. The van der Waals surface area contributed by atoms with Crippen molar-refractivity contribution in [3.8, 4) is 5.75 Å². The molecule has 0 aliphatic rings. The van der Waals surface area contributed by atoms with Crippen LogP contribution in [-0.2, 0) is 6.54 Å². The van der Waals surface area contributed by atoms with Crippen molar-refractivity contribution in [2.24, 2.45) is 0 Å². The topological polar surface area (TPSA) is 62.2 Å². The second-order valence-corrected chi connectivity index (χ2v) is 4.84. The predicted molar refractivity (Wildman–Crippen MR) is 83.1 cm³/mol. The maximum absolute atomic E-state index is 13.7. The molecule has 0 bridgehead atoms. The lowest BCUT2D eigenvalue weighted by Crippen LogP contribution is -2.23. The van der Waals surface area contributed by atoms with Crippen molar-refractivity contribution in [1.29, 1.82) is 0 Å². The fourth-order valence-corrected chi connectivity index (χ4v) is 2.20. The van der Waals surface area contributed by atoms with Crippen molar-refractivity contribution in [2.75, 3.05) is 0 Å². The first-order chi connectivity index (χ1) is 10.6. The molecule has 0 aliphatic carbocycles. The number of nitrogens with one attached hydrogen (secondary N) is 1. The Labute approximate surface area is 127 Å². The number of halogens is 1. The van der Waals surface area contributed by atoms with Gasteiger partial charge in [-0.2, -0.15) is 0 Å². The number of benzene rings is 2. The molecular weight excluding hydrogens is 283 g/mol. The van der Waals surface area contributed by atoms with E-state index >= 15 is 0 Å². The van der Waals surface area contributed by atoms with Gasteiger partial charge in [0, 0.05) is 30.7 Å². The number of aromatic nitrogens is 1. The monoisotopic (exact) mass is 298 g/mol. The maximum Gasteiger partial charge on any atom is 0.251 e. The van der Waals surface area contributed by atoms with Crippen LogP contribution in [0.4, 0.5) is 4.39 Å². The highest BCUT2D eigenvalue weighted by molar-refractivity contribution is 5.97. The minimum Gasteiger partial charge on any atom is -0.505 e. The number of phenolic OH excluding ortho intramolecular Hbond substituents is 1. The van der Waals surface area contributed by atoms with E-state index in [1.807, 2.05) is 6.07 Å². The number of amides is 1. The molecule has 0 atom stereocenters. The van der Waals surface area contributed by atoms with Gasteiger partial charge in [0.25, 0.3) is 5.91 Å². The van der Waals surface area contributed by atoms with Crippen LogP contribution < -0.4 is 5.32 Å². The zero-order valence-electron chi connectivity index (χ0n) is 11.6. The van der Waals surface area contributed by atoms with Gasteiger partial charge in [-0.15, -0.1) is 0 Å². The fraction of sp³-hybridized carbons (Fsp3) is 0.0588. The third-order valence-corrected chi connectivity index (χ3v) is 3.36. The molecule has 112 valence electrons. The van der Waals surface area contributed by atoms with E-state index in [0.29, 0.717) is 5.56 Å². The van der Waals surface area contributed by atoms with Gasteiger partial charge in [0.2, 0.25) is 0 Å². The number of hydrogen-bond acceptors (Lipinski definition) is 3. The molecule has 4 nitrogen and oxygen atoms in total. The second-order valence-electron chi connectivity index (χ2n) is 4.84. The molecule has 5 heteroatoms. The summed E-state index contributed by atoms with van der Waals surface area (Å²) in [7, 11) is 0. The summed E-state index contributed by atoms with van der Waals surface area (Å²) < 4.78 is 13.7. The number of nitrogens with zero attached hydrogens (tertiary/aromatic N) is 1. The molecule has 1 amide bonds. The number of carbonyl (C=O) groups excluding carboxylic acids is 1. The van der Waals surface area contributed by atoms with Crippen molar-refractivity contribution >= 4 is 16.8 Å². The van der Waals surface area contributed by atoms with Gasteiger partial charge in [-0.1, -0.05) is 18.2 Å². The standard InChI is InChI=1S/C17H13FN2O2.H2/c18-16-13(3-1-5-15(16)21)10-20-17(22)12-6-7-14-11(9-12)4-2-8-19-14;/h1-9,21H,10H2,(H,20,22);1H. The molecule has 1 heterocycles. The number of pyridine rings is 1. The zero-order chi connectivity index (χ0) is 15.5.